The normalized spacial score (nSPS) is 15.8. The Kier molecular flexibility index (Phi) is 4.31. The summed E-state index contributed by atoms with van der Waals surface area (Å²) in [5.74, 6) is 0.340. The molecule has 0 spiro atoms. The maximum Gasteiger partial charge on any atom is 0.338 e. The zero-order chi connectivity index (χ0) is 16.4. The van der Waals surface area contributed by atoms with E-state index in [-0.39, 0.29) is 5.91 Å². The highest BCUT2D eigenvalue weighted by Crippen LogP contribution is 2.30. The fraction of sp³-hybridized carbons (Fsp3) is 0.0625. The number of ether oxygens (including phenoxy) is 1. The molecule has 0 atom stereocenters. The van der Waals surface area contributed by atoms with E-state index < -0.39 is 5.97 Å². The van der Waals surface area contributed by atoms with Gasteiger partial charge < -0.3 is 14.5 Å². The largest absolute Gasteiger partial charge is 0.465 e. The van der Waals surface area contributed by atoms with Gasteiger partial charge >= 0.3 is 5.97 Å². The predicted molar refractivity (Wildman–Crippen MR) is 91.8 cm³/mol. The molecule has 1 aliphatic heterocycles. The minimum atomic E-state index is -0.437. The zero-order valence-electron chi connectivity index (χ0n) is 12.0. The molecule has 0 bridgehead atoms. The molecule has 0 aliphatic carbocycles. The first kappa shape index (κ1) is 15.5. The van der Waals surface area contributed by atoms with Gasteiger partial charge in [-0.15, -0.1) is 0 Å². The number of hydrogen-bond donors (Lipinski definition) is 1. The summed E-state index contributed by atoms with van der Waals surface area (Å²) >= 11 is 6.12. The first-order chi connectivity index (χ1) is 11.1. The molecule has 1 fully saturated rings. The van der Waals surface area contributed by atoms with Crippen LogP contribution in [-0.4, -0.2) is 23.3 Å². The Labute approximate surface area is 141 Å². The first-order valence-electron chi connectivity index (χ1n) is 6.61. The molecule has 5 nitrogen and oxygen atoms in total. The quantitative estimate of drug-likeness (QED) is 0.523. The number of amides is 1. The highest BCUT2D eigenvalue weighted by atomic mass is 32.2. The standard InChI is InChI=1S/C16H11NO4S2/c1-20-15(19)11-5-3-2-4-10(11)12-7-6-9(21-12)8-13-14(18)17-16(22)23-13/h2-8H,1H3,(H,17,18,22). The van der Waals surface area contributed by atoms with E-state index in [0.29, 0.717) is 31.9 Å². The van der Waals surface area contributed by atoms with Gasteiger partial charge in [-0.3, -0.25) is 4.79 Å². The van der Waals surface area contributed by atoms with E-state index in [4.69, 9.17) is 21.4 Å². The number of carbonyl (C=O) groups excluding carboxylic acids is 2. The third-order valence-electron chi connectivity index (χ3n) is 3.14. The third-order valence-corrected chi connectivity index (χ3v) is 4.30. The Morgan fingerprint density at radius 2 is 2.09 bits per heavy atom. The van der Waals surface area contributed by atoms with Crippen molar-refractivity contribution in [3.05, 3.63) is 52.6 Å². The van der Waals surface area contributed by atoms with Crippen LogP contribution in [-0.2, 0) is 9.53 Å². The summed E-state index contributed by atoms with van der Waals surface area (Å²) in [6.45, 7) is 0. The number of nitrogens with one attached hydrogen (secondary N) is 1. The summed E-state index contributed by atoms with van der Waals surface area (Å²) in [4.78, 5) is 24.0. The molecule has 1 aromatic carbocycles. The Morgan fingerprint density at radius 1 is 1.30 bits per heavy atom. The molecule has 0 radical (unpaired) electrons. The fourth-order valence-electron chi connectivity index (χ4n) is 2.11. The predicted octanol–water partition coefficient (Wildman–Crippen LogP) is 3.22. The van der Waals surface area contributed by atoms with Crippen LogP contribution in [0.3, 0.4) is 0 Å². The van der Waals surface area contributed by atoms with Gasteiger partial charge in [-0.1, -0.05) is 42.2 Å². The Hall–Kier alpha value is -2.38. The summed E-state index contributed by atoms with van der Waals surface area (Å²) in [5, 5.41) is 2.54. The van der Waals surface area contributed by atoms with Crippen molar-refractivity contribution in [2.24, 2.45) is 0 Å². The average Bonchev–Trinajstić information content (AvgIpc) is 3.13. The molecule has 1 aliphatic rings. The van der Waals surface area contributed by atoms with E-state index in [1.54, 1.807) is 42.5 Å². The summed E-state index contributed by atoms with van der Waals surface area (Å²) in [5.41, 5.74) is 1.04. The molecule has 1 amide bonds. The molecule has 1 N–H and O–H groups in total. The van der Waals surface area contributed by atoms with Crippen molar-refractivity contribution >= 4 is 46.3 Å². The number of thiocarbonyl (C=S) groups is 1. The van der Waals surface area contributed by atoms with Gasteiger partial charge in [0.25, 0.3) is 5.91 Å². The van der Waals surface area contributed by atoms with Crippen molar-refractivity contribution in [2.75, 3.05) is 7.11 Å². The van der Waals surface area contributed by atoms with E-state index in [1.807, 2.05) is 0 Å². The lowest BCUT2D eigenvalue weighted by atomic mass is 10.1. The number of benzene rings is 1. The van der Waals surface area contributed by atoms with Gasteiger partial charge in [0.1, 0.15) is 15.8 Å². The first-order valence-corrected chi connectivity index (χ1v) is 7.83. The van der Waals surface area contributed by atoms with Crippen molar-refractivity contribution in [3.63, 3.8) is 0 Å². The summed E-state index contributed by atoms with van der Waals surface area (Å²) in [6.07, 6.45) is 1.61. The maximum absolute atomic E-state index is 11.8. The van der Waals surface area contributed by atoms with E-state index in [9.17, 15) is 9.59 Å². The Morgan fingerprint density at radius 3 is 2.78 bits per heavy atom. The number of methoxy groups -OCH3 is 1. The maximum atomic E-state index is 11.8. The number of thioether (sulfide) groups is 1. The van der Waals surface area contributed by atoms with Crippen LogP contribution in [0.1, 0.15) is 16.1 Å². The molecule has 0 saturated carbocycles. The third kappa shape index (κ3) is 3.20. The summed E-state index contributed by atoms with van der Waals surface area (Å²) < 4.78 is 10.9. The molecule has 0 unspecified atom stereocenters. The number of rotatable bonds is 3. The molecular weight excluding hydrogens is 334 g/mol. The second-order valence-corrected chi connectivity index (χ2v) is 6.31. The van der Waals surface area contributed by atoms with Crippen LogP contribution < -0.4 is 5.32 Å². The summed E-state index contributed by atoms with van der Waals surface area (Å²) in [6, 6.07) is 10.5. The van der Waals surface area contributed by atoms with Gasteiger partial charge in [0.05, 0.1) is 17.6 Å². The second kappa shape index (κ2) is 6.39. The smallest absolute Gasteiger partial charge is 0.338 e. The average molecular weight is 345 g/mol. The second-order valence-electron chi connectivity index (χ2n) is 4.59. The van der Waals surface area contributed by atoms with E-state index in [0.717, 1.165) is 0 Å². The molecule has 2 heterocycles. The van der Waals surface area contributed by atoms with Crippen LogP contribution in [0, 0.1) is 0 Å². The number of hydrogen-bond acceptors (Lipinski definition) is 6. The van der Waals surface area contributed by atoms with Crippen molar-refractivity contribution in [3.8, 4) is 11.3 Å². The highest BCUT2D eigenvalue weighted by Gasteiger charge is 2.23. The zero-order valence-corrected chi connectivity index (χ0v) is 13.6. The van der Waals surface area contributed by atoms with Gasteiger partial charge in [0.15, 0.2) is 0 Å². The van der Waals surface area contributed by atoms with Crippen molar-refractivity contribution < 1.29 is 18.7 Å². The van der Waals surface area contributed by atoms with Gasteiger partial charge in [-0.2, -0.15) is 0 Å². The summed E-state index contributed by atoms with van der Waals surface area (Å²) in [7, 11) is 1.33. The minimum absolute atomic E-state index is 0.243. The van der Waals surface area contributed by atoms with Gasteiger partial charge in [0, 0.05) is 11.6 Å². The molecule has 2 aromatic rings. The van der Waals surface area contributed by atoms with E-state index >= 15 is 0 Å². The van der Waals surface area contributed by atoms with Crippen LogP contribution in [0.4, 0.5) is 0 Å². The molecule has 116 valence electrons. The van der Waals surface area contributed by atoms with E-state index in [2.05, 4.69) is 5.32 Å². The van der Waals surface area contributed by atoms with Crippen molar-refractivity contribution in [1.82, 2.24) is 5.32 Å². The van der Waals surface area contributed by atoms with Crippen molar-refractivity contribution in [1.29, 1.82) is 0 Å². The molecule has 7 heteroatoms. The van der Waals surface area contributed by atoms with Crippen LogP contribution >= 0.6 is 24.0 Å². The Balaban J connectivity index is 1.95. The lowest BCUT2D eigenvalue weighted by Crippen LogP contribution is -2.17. The van der Waals surface area contributed by atoms with Crippen LogP contribution in [0.15, 0.2) is 45.7 Å². The van der Waals surface area contributed by atoms with Crippen LogP contribution in [0.25, 0.3) is 17.4 Å². The lowest BCUT2D eigenvalue weighted by Gasteiger charge is -2.04. The highest BCUT2D eigenvalue weighted by molar-refractivity contribution is 8.26. The van der Waals surface area contributed by atoms with E-state index in [1.165, 1.54) is 18.9 Å². The number of carbonyl (C=O) groups is 2. The molecule has 1 aromatic heterocycles. The van der Waals surface area contributed by atoms with Crippen molar-refractivity contribution in [2.45, 2.75) is 0 Å². The molecule has 1 saturated heterocycles. The topological polar surface area (TPSA) is 68.5 Å². The molecule has 3 rings (SSSR count). The molecule has 23 heavy (non-hydrogen) atoms. The minimum Gasteiger partial charge on any atom is -0.465 e. The lowest BCUT2D eigenvalue weighted by molar-refractivity contribution is -0.115. The van der Waals surface area contributed by atoms with Gasteiger partial charge in [-0.25, -0.2) is 4.79 Å². The van der Waals surface area contributed by atoms with Crippen LogP contribution in [0.2, 0.25) is 0 Å². The molecular formula is C16H11NO4S2. The van der Waals surface area contributed by atoms with Gasteiger partial charge in [0.2, 0.25) is 0 Å². The van der Waals surface area contributed by atoms with Gasteiger partial charge in [-0.05, 0) is 18.2 Å². The number of esters is 1. The van der Waals surface area contributed by atoms with Crippen LogP contribution in [0.5, 0.6) is 0 Å². The SMILES string of the molecule is COC(=O)c1ccccc1-c1ccc(C=C2SC(=S)NC2=O)o1. The monoisotopic (exact) mass is 345 g/mol. The number of furan rings is 1. The fourth-order valence-corrected chi connectivity index (χ4v) is 3.14. The Bertz CT molecular complexity index is 838.